The average Bonchev–Trinajstić information content (AvgIpc) is 3.08. The molecule has 1 aromatic heterocycles. The molecule has 36 heavy (non-hydrogen) atoms. The van der Waals surface area contributed by atoms with Crippen molar-refractivity contribution < 1.29 is 65.8 Å². The lowest BCUT2D eigenvalue weighted by Gasteiger charge is -2.19. The Bertz CT molecular complexity index is 1290. The summed E-state index contributed by atoms with van der Waals surface area (Å²) in [5, 5.41) is 10.2. The number of H-pyrrole nitrogens is 1. The van der Waals surface area contributed by atoms with Gasteiger partial charge in [-0.15, -0.1) is 0 Å². The Kier molecular flexibility index (Phi) is 10.1. The molecule has 6 N–H and O–H groups in total. The molecule has 0 aliphatic carbocycles. The number of aliphatic hydroxyl groups excluding tert-OH is 1. The topological polar surface area (TPSA) is 270 Å². The number of phosphoric ester groups is 1. The van der Waals surface area contributed by atoms with Gasteiger partial charge in [-0.05, 0) is 0 Å². The fourth-order valence-corrected chi connectivity index (χ4v) is 5.75. The summed E-state index contributed by atoms with van der Waals surface area (Å²) in [6.45, 7) is -0.945. The number of hydrogen-bond donors (Lipinski definition) is 6. The van der Waals surface area contributed by atoms with Crippen LogP contribution in [0.2, 0.25) is 0 Å². The monoisotopic (exact) mass is 578 g/mol. The van der Waals surface area contributed by atoms with Crippen molar-refractivity contribution in [2.75, 3.05) is 13.7 Å². The van der Waals surface area contributed by atoms with Crippen molar-refractivity contribution in [3.63, 3.8) is 0 Å². The van der Waals surface area contributed by atoms with Gasteiger partial charge in [0.1, 0.15) is 17.9 Å². The summed E-state index contributed by atoms with van der Waals surface area (Å²) >= 11 is 0. The summed E-state index contributed by atoms with van der Waals surface area (Å²) in [6.07, 6.45) is -3.22. The Hall–Kier alpha value is -1.96. The van der Waals surface area contributed by atoms with Gasteiger partial charge in [0.2, 0.25) is 0 Å². The summed E-state index contributed by atoms with van der Waals surface area (Å²) in [4.78, 5) is 73.0. The van der Waals surface area contributed by atoms with Gasteiger partial charge in [-0.25, -0.2) is 18.5 Å². The van der Waals surface area contributed by atoms with E-state index in [-0.39, 0.29) is 24.8 Å². The van der Waals surface area contributed by atoms with Gasteiger partial charge < -0.3 is 34.2 Å². The van der Waals surface area contributed by atoms with Gasteiger partial charge in [0.05, 0.1) is 26.2 Å². The molecule has 5 atom stereocenters. The standard InChI is InChI=1S/C15H21N2O16P3/c1-29-13(19)5-3-2-4-9-7-17(15(21)16-14(9)20)12-6-10(18)11(31-12)8-30-35(25,26)33-36(27,28)32-34(22,23)24/h7,10-12,18H,3,5-6,8H2,1H3,(H,25,26)(H,27,28)(H,16,20,21)(H2,22,23,24)/t10-,11-,12-/m1/s1. The fraction of sp³-hybridized carbons (Fsp3) is 0.533. The number of hydrogen-bond acceptors (Lipinski definition) is 12. The Morgan fingerprint density at radius 1 is 1.19 bits per heavy atom. The molecule has 2 rings (SSSR count). The highest BCUT2D eigenvalue weighted by atomic mass is 31.3. The number of aromatic amines is 1. The lowest BCUT2D eigenvalue weighted by molar-refractivity contribution is -0.140. The predicted octanol–water partition coefficient (Wildman–Crippen LogP) is -1.17. The largest absolute Gasteiger partial charge is 0.490 e. The van der Waals surface area contributed by atoms with E-state index in [1.165, 1.54) is 7.11 Å². The van der Waals surface area contributed by atoms with Gasteiger partial charge in [0.15, 0.2) is 0 Å². The van der Waals surface area contributed by atoms with Crippen LogP contribution in [0.25, 0.3) is 0 Å². The van der Waals surface area contributed by atoms with E-state index in [1.807, 2.05) is 4.98 Å². The molecule has 0 aromatic carbocycles. The summed E-state index contributed by atoms with van der Waals surface area (Å²) in [6, 6.07) is 0. The van der Waals surface area contributed by atoms with Crippen LogP contribution in [0.3, 0.4) is 0 Å². The molecule has 0 saturated carbocycles. The Morgan fingerprint density at radius 2 is 1.86 bits per heavy atom. The van der Waals surface area contributed by atoms with Crippen LogP contribution in [0.4, 0.5) is 0 Å². The molecule has 1 aliphatic heterocycles. The zero-order valence-electron chi connectivity index (χ0n) is 18.2. The minimum absolute atomic E-state index is 0.0315. The smallest absolute Gasteiger partial charge is 0.469 e. The van der Waals surface area contributed by atoms with Crippen LogP contribution < -0.4 is 11.2 Å². The summed E-state index contributed by atoms with van der Waals surface area (Å²) < 4.78 is 56.1. The SMILES string of the molecule is COC(=O)CCC#Cc1cn([C@H]2C[C@@H](O)[C@@H](COP(=O)(O)OP(=O)(O)OP(=O)(O)O)O2)c(=O)[nH]c1=O. The van der Waals surface area contributed by atoms with Crippen molar-refractivity contribution in [3.05, 3.63) is 32.6 Å². The lowest BCUT2D eigenvalue weighted by atomic mass is 10.2. The summed E-state index contributed by atoms with van der Waals surface area (Å²) in [7, 11) is -15.6. The maximum atomic E-state index is 12.2. The Morgan fingerprint density at radius 3 is 2.47 bits per heavy atom. The summed E-state index contributed by atoms with van der Waals surface area (Å²) in [5.74, 6) is 4.53. The Balaban J connectivity index is 2.08. The minimum atomic E-state index is -5.73. The quantitative estimate of drug-likeness (QED) is 0.108. The first-order valence-corrected chi connectivity index (χ1v) is 14.1. The number of nitrogens with zero attached hydrogens (tertiary/aromatic N) is 1. The van der Waals surface area contributed by atoms with Crippen molar-refractivity contribution in [1.29, 1.82) is 0 Å². The molecule has 0 amide bonds. The minimum Gasteiger partial charge on any atom is -0.469 e. The van der Waals surface area contributed by atoms with Gasteiger partial charge in [-0.2, -0.15) is 8.62 Å². The number of aliphatic hydroxyl groups is 1. The zero-order chi connectivity index (χ0) is 27.3. The number of nitrogens with one attached hydrogen (secondary N) is 1. The van der Waals surface area contributed by atoms with Crippen LogP contribution in [-0.4, -0.2) is 66.1 Å². The summed E-state index contributed by atoms with van der Waals surface area (Å²) in [5.41, 5.74) is -1.94. The van der Waals surface area contributed by atoms with Crippen LogP contribution in [0.1, 0.15) is 31.1 Å². The molecule has 1 fully saturated rings. The molecule has 202 valence electrons. The first kappa shape index (κ1) is 30.3. The van der Waals surface area contributed by atoms with E-state index >= 15 is 0 Å². The molecule has 1 saturated heterocycles. The molecule has 2 unspecified atom stereocenters. The fourth-order valence-electron chi connectivity index (χ4n) is 2.72. The number of carbonyl (C=O) groups is 1. The van der Waals surface area contributed by atoms with E-state index in [0.29, 0.717) is 0 Å². The van der Waals surface area contributed by atoms with E-state index < -0.39 is 65.7 Å². The maximum Gasteiger partial charge on any atom is 0.490 e. The van der Waals surface area contributed by atoms with Gasteiger partial charge >= 0.3 is 35.1 Å². The van der Waals surface area contributed by atoms with Gasteiger partial charge in [0, 0.05) is 19.0 Å². The van der Waals surface area contributed by atoms with E-state index in [9.17, 15) is 38.1 Å². The van der Waals surface area contributed by atoms with Crippen molar-refractivity contribution >= 4 is 29.4 Å². The van der Waals surface area contributed by atoms with Crippen molar-refractivity contribution in [3.8, 4) is 11.8 Å². The molecular weight excluding hydrogens is 557 g/mol. The lowest BCUT2D eigenvalue weighted by Crippen LogP contribution is -2.33. The molecule has 1 aliphatic rings. The molecule has 0 bridgehead atoms. The van der Waals surface area contributed by atoms with E-state index in [4.69, 9.17) is 19.4 Å². The molecule has 0 spiro atoms. The van der Waals surface area contributed by atoms with E-state index in [1.54, 1.807) is 0 Å². The molecule has 1 aromatic rings. The van der Waals surface area contributed by atoms with Crippen molar-refractivity contribution in [2.24, 2.45) is 0 Å². The molecule has 0 radical (unpaired) electrons. The Labute approximate surface area is 201 Å². The molecule has 2 heterocycles. The number of phosphoric acid groups is 3. The predicted molar refractivity (Wildman–Crippen MR) is 114 cm³/mol. The number of rotatable bonds is 10. The molecule has 21 heteroatoms. The zero-order valence-corrected chi connectivity index (χ0v) is 20.8. The third-order valence-electron chi connectivity index (χ3n) is 4.20. The van der Waals surface area contributed by atoms with Crippen molar-refractivity contribution in [1.82, 2.24) is 9.55 Å². The second-order valence-electron chi connectivity index (χ2n) is 6.91. The number of methoxy groups -OCH3 is 1. The van der Waals surface area contributed by atoms with Crippen LogP contribution in [0.15, 0.2) is 15.8 Å². The van der Waals surface area contributed by atoms with Crippen LogP contribution in [0, 0.1) is 11.8 Å². The first-order chi connectivity index (χ1) is 16.5. The van der Waals surface area contributed by atoms with Crippen LogP contribution in [-0.2, 0) is 41.1 Å². The van der Waals surface area contributed by atoms with E-state index in [2.05, 4.69) is 29.7 Å². The van der Waals surface area contributed by atoms with Gasteiger partial charge in [-0.1, -0.05) is 11.8 Å². The first-order valence-electron chi connectivity index (χ1n) is 9.55. The second kappa shape index (κ2) is 12.1. The normalized spacial score (nSPS) is 23.2. The highest BCUT2D eigenvalue weighted by Crippen LogP contribution is 2.66. The maximum absolute atomic E-state index is 12.2. The van der Waals surface area contributed by atoms with Gasteiger partial charge in [-0.3, -0.25) is 23.7 Å². The average molecular weight is 578 g/mol. The third-order valence-corrected chi connectivity index (χ3v) is 8.01. The van der Waals surface area contributed by atoms with Gasteiger partial charge in [0.25, 0.3) is 5.56 Å². The van der Waals surface area contributed by atoms with E-state index in [0.717, 1.165) is 10.8 Å². The highest BCUT2D eigenvalue weighted by Gasteiger charge is 2.43. The number of carbonyl (C=O) groups excluding carboxylic acids is 1. The number of aromatic nitrogens is 2. The second-order valence-corrected chi connectivity index (χ2v) is 11.3. The van der Waals surface area contributed by atoms with Crippen molar-refractivity contribution in [2.45, 2.75) is 37.7 Å². The number of ether oxygens (including phenoxy) is 2. The van der Waals surface area contributed by atoms with Crippen LogP contribution in [0.5, 0.6) is 0 Å². The number of esters is 1. The third kappa shape index (κ3) is 9.49. The molecular formula is C15H21N2O16P3. The van der Waals surface area contributed by atoms with Crippen LogP contribution >= 0.6 is 23.5 Å². The molecule has 18 nitrogen and oxygen atoms in total. The highest BCUT2D eigenvalue weighted by molar-refractivity contribution is 7.66.